The Morgan fingerprint density at radius 1 is 1.33 bits per heavy atom. The molecule has 0 saturated heterocycles. The SMILES string of the molecule is CNCc1sc(-c2c(F)cccc2OC)nc1C(F)(F)F. The molecule has 114 valence electrons. The summed E-state index contributed by atoms with van der Waals surface area (Å²) in [6.07, 6.45) is -4.58. The predicted molar refractivity (Wildman–Crippen MR) is 71.8 cm³/mol. The highest BCUT2D eigenvalue weighted by Crippen LogP contribution is 2.41. The van der Waals surface area contributed by atoms with E-state index in [4.69, 9.17) is 4.74 Å². The lowest BCUT2D eigenvalue weighted by atomic mass is 10.2. The van der Waals surface area contributed by atoms with Crippen molar-refractivity contribution in [1.82, 2.24) is 10.3 Å². The van der Waals surface area contributed by atoms with Crippen LogP contribution in [0.1, 0.15) is 10.6 Å². The fourth-order valence-electron chi connectivity index (χ4n) is 1.84. The van der Waals surface area contributed by atoms with E-state index in [9.17, 15) is 17.6 Å². The summed E-state index contributed by atoms with van der Waals surface area (Å²) in [6.45, 7) is 0.00325. The molecule has 0 aliphatic carbocycles. The molecule has 3 nitrogen and oxygen atoms in total. The Balaban J connectivity index is 2.61. The Kier molecular flexibility index (Phi) is 4.48. The van der Waals surface area contributed by atoms with Crippen molar-refractivity contribution in [3.63, 3.8) is 0 Å². The van der Waals surface area contributed by atoms with E-state index in [1.807, 2.05) is 0 Å². The van der Waals surface area contributed by atoms with Gasteiger partial charge in [-0.15, -0.1) is 11.3 Å². The van der Waals surface area contributed by atoms with Gasteiger partial charge in [-0.05, 0) is 19.2 Å². The molecular formula is C13H12F4N2OS. The molecule has 1 N–H and O–H groups in total. The summed E-state index contributed by atoms with van der Waals surface area (Å²) in [4.78, 5) is 3.58. The van der Waals surface area contributed by atoms with Crippen molar-refractivity contribution in [3.8, 4) is 16.3 Å². The quantitative estimate of drug-likeness (QED) is 0.872. The van der Waals surface area contributed by atoms with Gasteiger partial charge in [0.1, 0.15) is 16.6 Å². The zero-order chi connectivity index (χ0) is 15.6. The number of rotatable bonds is 4. The van der Waals surface area contributed by atoms with Gasteiger partial charge in [-0.25, -0.2) is 9.37 Å². The fourth-order valence-corrected chi connectivity index (χ4v) is 2.99. The first-order valence-corrected chi connectivity index (χ1v) is 6.74. The summed E-state index contributed by atoms with van der Waals surface area (Å²) in [7, 11) is 2.86. The Hall–Kier alpha value is -1.67. The number of nitrogens with zero attached hydrogens (tertiary/aromatic N) is 1. The molecule has 0 unspecified atom stereocenters. The van der Waals surface area contributed by atoms with E-state index in [0.29, 0.717) is 0 Å². The molecule has 0 spiro atoms. The van der Waals surface area contributed by atoms with Crippen molar-refractivity contribution in [2.24, 2.45) is 0 Å². The number of hydrogen-bond donors (Lipinski definition) is 1. The molecule has 0 radical (unpaired) electrons. The second-order valence-corrected chi connectivity index (χ2v) is 5.22. The van der Waals surface area contributed by atoms with Crippen molar-refractivity contribution >= 4 is 11.3 Å². The molecule has 1 aromatic heterocycles. The van der Waals surface area contributed by atoms with E-state index >= 15 is 0 Å². The average Bonchev–Trinajstić information content (AvgIpc) is 2.82. The number of hydrogen-bond acceptors (Lipinski definition) is 4. The van der Waals surface area contributed by atoms with E-state index in [1.54, 1.807) is 0 Å². The van der Waals surface area contributed by atoms with Crippen LogP contribution in [0.3, 0.4) is 0 Å². The average molecular weight is 320 g/mol. The topological polar surface area (TPSA) is 34.1 Å². The standard InChI is InChI=1S/C13H12F4N2OS/c1-18-6-9-11(13(15,16)17)19-12(21-9)10-7(14)4-3-5-8(10)20-2/h3-5,18H,6H2,1-2H3. The van der Waals surface area contributed by atoms with Gasteiger partial charge >= 0.3 is 6.18 Å². The number of halogens is 4. The third-order valence-corrected chi connectivity index (χ3v) is 3.79. The summed E-state index contributed by atoms with van der Waals surface area (Å²) in [5, 5.41) is 2.60. The van der Waals surface area contributed by atoms with Crippen molar-refractivity contribution in [3.05, 3.63) is 34.6 Å². The minimum Gasteiger partial charge on any atom is -0.496 e. The molecule has 0 saturated carbocycles. The van der Waals surface area contributed by atoms with Crippen LogP contribution in [0.25, 0.3) is 10.6 Å². The molecule has 0 fully saturated rings. The maximum Gasteiger partial charge on any atom is 0.434 e. The normalized spacial score (nSPS) is 11.7. The van der Waals surface area contributed by atoms with E-state index < -0.39 is 17.7 Å². The van der Waals surface area contributed by atoms with Crippen molar-refractivity contribution in [1.29, 1.82) is 0 Å². The largest absolute Gasteiger partial charge is 0.496 e. The summed E-state index contributed by atoms with van der Waals surface area (Å²) in [5.74, 6) is -0.527. The lowest BCUT2D eigenvalue weighted by molar-refractivity contribution is -0.141. The van der Waals surface area contributed by atoms with Gasteiger partial charge in [0, 0.05) is 6.54 Å². The van der Waals surface area contributed by atoms with Gasteiger partial charge in [-0.3, -0.25) is 0 Å². The molecule has 0 aliphatic rings. The molecule has 0 aliphatic heterocycles. The summed E-state index contributed by atoms with van der Waals surface area (Å²) >= 11 is 0.794. The van der Waals surface area contributed by atoms with Crippen molar-refractivity contribution < 1.29 is 22.3 Å². The van der Waals surface area contributed by atoms with E-state index in [-0.39, 0.29) is 27.7 Å². The number of benzene rings is 1. The number of aromatic nitrogens is 1. The van der Waals surface area contributed by atoms with E-state index in [1.165, 1.54) is 26.3 Å². The van der Waals surface area contributed by atoms with Crippen LogP contribution in [0, 0.1) is 5.82 Å². The van der Waals surface area contributed by atoms with Gasteiger partial charge < -0.3 is 10.1 Å². The lowest BCUT2D eigenvalue weighted by Gasteiger charge is -2.06. The van der Waals surface area contributed by atoms with Crippen LogP contribution in [0.15, 0.2) is 18.2 Å². The fraction of sp³-hybridized carbons (Fsp3) is 0.308. The number of ether oxygens (including phenoxy) is 1. The van der Waals surface area contributed by atoms with Gasteiger partial charge in [0.25, 0.3) is 0 Å². The smallest absolute Gasteiger partial charge is 0.434 e. The third-order valence-electron chi connectivity index (χ3n) is 2.71. The molecule has 0 amide bonds. The first kappa shape index (κ1) is 15.7. The molecule has 2 rings (SSSR count). The van der Waals surface area contributed by atoms with Crippen LogP contribution < -0.4 is 10.1 Å². The Morgan fingerprint density at radius 2 is 2.05 bits per heavy atom. The van der Waals surface area contributed by atoms with Gasteiger partial charge in [0.15, 0.2) is 5.69 Å². The molecule has 1 aromatic carbocycles. The monoisotopic (exact) mass is 320 g/mol. The van der Waals surface area contributed by atoms with Crippen LogP contribution in [0.4, 0.5) is 17.6 Å². The van der Waals surface area contributed by atoms with Crippen molar-refractivity contribution in [2.45, 2.75) is 12.7 Å². The molecule has 21 heavy (non-hydrogen) atoms. The van der Waals surface area contributed by atoms with E-state index in [2.05, 4.69) is 10.3 Å². The Labute approximate surface area is 122 Å². The second-order valence-electron chi connectivity index (χ2n) is 4.14. The molecule has 1 heterocycles. The summed E-state index contributed by atoms with van der Waals surface area (Å²) in [5.41, 5.74) is -1.06. The van der Waals surface area contributed by atoms with Gasteiger partial charge in [-0.1, -0.05) is 6.07 Å². The number of thiazole rings is 1. The maximum absolute atomic E-state index is 13.9. The second kappa shape index (κ2) is 5.98. The van der Waals surface area contributed by atoms with Gasteiger partial charge in [-0.2, -0.15) is 13.2 Å². The first-order valence-electron chi connectivity index (χ1n) is 5.92. The van der Waals surface area contributed by atoms with Crippen LogP contribution in [-0.2, 0) is 12.7 Å². The molecule has 0 bridgehead atoms. The van der Waals surface area contributed by atoms with Gasteiger partial charge in [0.2, 0.25) is 0 Å². The minimum absolute atomic E-state index is 0.00325. The van der Waals surface area contributed by atoms with Crippen LogP contribution in [-0.4, -0.2) is 19.1 Å². The Bertz CT molecular complexity index is 640. The van der Waals surface area contributed by atoms with E-state index in [0.717, 1.165) is 17.4 Å². The highest BCUT2D eigenvalue weighted by molar-refractivity contribution is 7.15. The Morgan fingerprint density at radius 3 is 2.62 bits per heavy atom. The molecular weight excluding hydrogens is 308 g/mol. The zero-order valence-corrected chi connectivity index (χ0v) is 12.0. The summed E-state index contributed by atoms with van der Waals surface area (Å²) < 4.78 is 57.9. The zero-order valence-electron chi connectivity index (χ0n) is 11.2. The summed E-state index contributed by atoms with van der Waals surface area (Å²) in [6, 6.07) is 4.06. The molecule has 2 aromatic rings. The first-order chi connectivity index (χ1) is 9.88. The predicted octanol–water partition coefficient (Wildman–Crippen LogP) is 3.70. The molecule has 8 heteroatoms. The number of methoxy groups -OCH3 is 1. The van der Waals surface area contributed by atoms with Gasteiger partial charge in [0.05, 0.1) is 17.6 Å². The van der Waals surface area contributed by atoms with Crippen LogP contribution >= 0.6 is 11.3 Å². The van der Waals surface area contributed by atoms with Crippen LogP contribution in [0.5, 0.6) is 5.75 Å². The maximum atomic E-state index is 13.9. The number of alkyl halides is 3. The number of nitrogens with one attached hydrogen (secondary N) is 1. The third kappa shape index (κ3) is 3.16. The molecule has 0 atom stereocenters. The van der Waals surface area contributed by atoms with Crippen molar-refractivity contribution in [2.75, 3.05) is 14.2 Å². The highest BCUT2D eigenvalue weighted by Gasteiger charge is 2.37. The minimum atomic E-state index is -4.58. The van der Waals surface area contributed by atoms with Crippen LogP contribution in [0.2, 0.25) is 0 Å². The highest BCUT2D eigenvalue weighted by atomic mass is 32.1. The lowest BCUT2D eigenvalue weighted by Crippen LogP contribution is -2.12.